The molecule has 3 heterocycles. The number of nitrogens with one attached hydrogen (secondary N) is 2. The third-order valence-electron chi connectivity index (χ3n) is 4.26. The van der Waals surface area contributed by atoms with Gasteiger partial charge in [0.15, 0.2) is 10.9 Å². The van der Waals surface area contributed by atoms with Crippen LogP contribution < -0.4 is 11.1 Å². The number of aromatic nitrogens is 3. The monoisotopic (exact) mass is 368 g/mol. The molecule has 0 radical (unpaired) electrons. The van der Waals surface area contributed by atoms with Gasteiger partial charge in [-0.2, -0.15) is 10.4 Å². The molecule has 0 bridgehead atoms. The molecule has 26 heavy (non-hydrogen) atoms. The lowest BCUT2D eigenvalue weighted by atomic mass is 9.84. The Kier molecular flexibility index (Phi) is 3.63. The molecule has 0 spiro atoms. The molecule has 1 aromatic carbocycles. The van der Waals surface area contributed by atoms with Crippen LogP contribution in [0.15, 0.2) is 29.2 Å². The lowest BCUT2D eigenvalue weighted by Crippen LogP contribution is -2.18. The van der Waals surface area contributed by atoms with Crippen LogP contribution in [0.4, 0.5) is 15.3 Å². The molecule has 0 saturated carbocycles. The van der Waals surface area contributed by atoms with E-state index < -0.39 is 11.7 Å². The number of nitrogen functional groups attached to an aromatic ring is 1. The summed E-state index contributed by atoms with van der Waals surface area (Å²) in [7, 11) is 0. The standard InChI is InChI=1S/C17H13FN6OS/c1-7-13-14(12-6-26-17(20)21-12)10(5-19)15(22-16(13)24-23-7)9-3-2-8(25)4-11(9)18/h2-4,6,14,25H,1H3,(H2,20,21)(H2,22,23,24). The third-order valence-corrected chi connectivity index (χ3v) is 4.95. The van der Waals surface area contributed by atoms with Crippen molar-refractivity contribution in [3.63, 3.8) is 0 Å². The van der Waals surface area contributed by atoms with E-state index in [1.807, 2.05) is 6.92 Å². The van der Waals surface area contributed by atoms with Gasteiger partial charge in [-0.15, -0.1) is 11.3 Å². The highest BCUT2D eigenvalue weighted by Crippen LogP contribution is 2.45. The van der Waals surface area contributed by atoms with Gasteiger partial charge in [-0.25, -0.2) is 9.37 Å². The highest BCUT2D eigenvalue weighted by molar-refractivity contribution is 7.13. The Labute approximate surface area is 151 Å². The molecular formula is C17H13FN6OS. The number of benzene rings is 1. The van der Waals surface area contributed by atoms with Gasteiger partial charge in [0.2, 0.25) is 0 Å². The minimum atomic E-state index is -0.646. The number of aromatic hydroxyl groups is 1. The number of H-pyrrole nitrogens is 1. The largest absolute Gasteiger partial charge is 0.508 e. The number of hydrogen-bond acceptors (Lipinski definition) is 7. The van der Waals surface area contributed by atoms with Crippen LogP contribution in [0, 0.1) is 24.1 Å². The summed E-state index contributed by atoms with van der Waals surface area (Å²) >= 11 is 1.27. The van der Waals surface area contributed by atoms with E-state index in [4.69, 9.17) is 5.73 Å². The molecular weight excluding hydrogens is 355 g/mol. The van der Waals surface area contributed by atoms with Crippen molar-refractivity contribution in [2.75, 3.05) is 11.1 Å². The summed E-state index contributed by atoms with van der Waals surface area (Å²) in [5.41, 5.74) is 8.69. The lowest BCUT2D eigenvalue weighted by Gasteiger charge is -2.25. The van der Waals surface area contributed by atoms with E-state index in [1.54, 1.807) is 5.38 Å². The molecule has 130 valence electrons. The maximum Gasteiger partial charge on any atom is 0.180 e. The van der Waals surface area contributed by atoms with E-state index in [2.05, 4.69) is 26.6 Å². The van der Waals surface area contributed by atoms with Gasteiger partial charge in [0.1, 0.15) is 11.6 Å². The number of nitrogens with zero attached hydrogens (tertiary/aromatic N) is 3. The summed E-state index contributed by atoms with van der Waals surface area (Å²) in [6, 6.07) is 5.96. The molecule has 1 unspecified atom stereocenters. The van der Waals surface area contributed by atoms with Gasteiger partial charge in [0.25, 0.3) is 0 Å². The number of halogens is 1. The highest BCUT2D eigenvalue weighted by atomic mass is 32.1. The molecule has 5 N–H and O–H groups in total. The first-order valence-corrected chi connectivity index (χ1v) is 8.53. The maximum absolute atomic E-state index is 14.5. The Morgan fingerprint density at radius 1 is 1.42 bits per heavy atom. The van der Waals surface area contributed by atoms with Crippen LogP contribution in [0.1, 0.15) is 28.4 Å². The molecule has 0 amide bonds. The topological polar surface area (TPSA) is 124 Å². The van der Waals surface area contributed by atoms with Crippen molar-refractivity contribution >= 4 is 28.0 Å². The minimum Gasteiger partial charge on any atom is -0.508 e. The van der Waals surface area contributed by atoms with Gasteiger partial charge in [0, 0.05) is 28.3 Å². The zero-order valence-electron chi connectivity index (χ0n) is 13.5. The van der Waals surface area contributed by atoms with Crippen LogP contribution in [-0.2, 0) is 0 Å². The van der Waals surface area contributed by atoms with Crippen LogP contribution in [0.3, 0.4) is 0 Å². The van der Waals surface area contributed by atoms with E-state index in [-0.39, 0.29) is 11.3 Å². The first kappa shape index (κ1) is 16.1. The quantitative estimate of drug-likeness (QED) is 0.551. The van der Waals surface area contributed by atoms with Crippen molar-refractivity contribution in [2.24, 2.45) is 0 Å². The average Bonchev–Trinajstić information content (AvgIpc) is 3.19. The second kappa shape index (κ2) is 5.86. The fraction of sp³-hybridized carbons (Fsp3) is 0.118. The smallest absolute Gasteiger partial charge is 0.180 e. The van der Waals surface area contributed by atoms with Gasteiger partial charge >= 0.3 is 0 Å². The SMILES string of the molecule is Cc1[nH]nc2c1C(c1csc(N)n1)C(C#N)=C(c1ccc(O)cc1F)N2. The Hall–Kier alpha value is -3.38. The molecule has 2 aromatic heterocycles. The van der Waals surface area contributed by atoms with E-state index in [0.29, 0.717) is 27.9 Å². The number of nitriles is 1. The van der Waals surface area contributed by atoms with Crippen molar-refractivity contribution in [2.45, 2.75) is 12.8 Å². The molecule has 4 rings (SSSR count). The Morgan fingerprint density at radius 2 is 2.23 bits per heavy atom. The van der Waals surface area contributed by atoms with Crippen LogP contribution in [0.5, 0.6) is 5.75 Å². The minimum absolute atomic E-state index is 0.166. The Morgan fingerprint density at radius 3 is 2.88 bits per heavy atom. The Bertz CT molecular complexity index is 1090. The van der Waals surface area contributed by atoms with E-state index in [1.165, 1.54) is 23.5 Å². The van der Waals surface area contributed by atoms with Crippen LogP contribution in [0.25, 0.3) is 5.70 Å². The van der Waals surface area contributed by atoms with Gasteiger partial charge in [-0.3, -0.25) is 5.10 Å². The predicted molar refractivity (Wildman–Crippen MR) is 95.9 cm³/mol. The molecule has 1 aliphatic rings. The Balaban J connectivity index is 1.99. The second-order valence-corrected chi connectivity index (χ2v) is 6.73. The number of nitrogens with two attached hydrogens (primary N) is 1. The van der Waals surface area contributed by atoms with Crippen LogP contribution in [-0.4, -0.2) is 20.3 Å². The number of anilines is 2. The number of aromatic amines is 1. The molecule has 7 nitrogen and oxygen atoms in total. The zero-order valence-corrected chi connectivity index (χ0v) is 14.4. The summed E-state index contributed by atoms with van der Waals surface area (Å²) in [6.07, 6.45) is 0. The zero-order chi connectivity index (χ0) is 18.4. The number of allylic oxidation sites excluding steroid dienone is 1. The summed E-state index contributed by atoms with van der Waals surface area (Å²) in [5.74, 6) is -0.860. The summed E-state index contributed by atoms with van der Waals surface area (Å²) in [4.78, 5) is 4.32. The lowest BCUT2D eigenvalue weighted by molar-refractivity contribution is 0.469. The molecule has 0 aliphatic carbocycles. The van der Waals surface area contributed by atoms with Crippen molar-refractivity contribution in [1.82, 2.24) is 15.2 Å². The molecule has 3 aromatic rings. The second-order valence-electron chi connectivity index (χ2n) is 5.84. The number of phenolic OH excluding ortho intramolecular Hbond substituents is 1. The van der Waals surface area contributed by atoms with Crippen molar-refractivity contribution in [3.05, 3.63) is 57.5 Å². The highest BCUT2D eigenvalue weighted by Gasteiger charge is 2.35. The molecule has 1 atom stereocenters. The first-order valence-electron chi connectivity index (χ1n) is 7.65. The molecule has 1 aliphatic heterocycles. The number of hydrogen-bond donors (Lipinski definition) is 4. The van der Waals surface area contributed by atoms with Crippen LogP contribution >= 0.6 is 11.3 Å². The number of phenols is 1. The molecule has 0 saturated heterocycles. The fourth-order valence-corrected chi connectivity index (χ4v) is 3.72. The van der Waals surface area contributed by atoms with Gasteiger partial charge in [-0.1, -0.05) is 0 Å². The maximum atomic E-state index is 14.5. The van der Waals surface area contributed by atoms with Gasteiger partial charge in [-0.05, 0) is 19.1 Å². The number of rotatable bonds is 2. The van der Waals surface area contributed by atoms with Crippen molar-refractivity contribution in [3.8, 4) is 11.8 Å². The normalized spacial score (nSPS) is 16.1. The van der Waals surface area contributed by atoms with Gasteiger partial charge in [0.05, 0.1) is 29.0 Å². The van der Waals surface area contributed by atoms with E-state index in [0.717, 1.165) is 17.3 Å². The van der Waals surface area contributed by atoms with Crippen molar-refractivity contribution < 1.29 is 9.50 Å². The number of thiazole rings is 1. The van der Waals surface area contributed by atoms with Gasteiger partial charge < -0.3 is 16.2 Å². The third kappa shape index (κ3) is 2.39. The number of fused-ring (bicyclic) bond motifs is 1. The number of aryl methyl sites for hydroxylation is 1. The van der Waals surface area contributed by atoms with E-state index >= 15 is 0 Å². The van der Waals surface area contributed by atoms with Crippen LogP contribution in [0.2, 0.25) is 0 Å². The van der Waals surface area contributed by atoms with E-state index in [9.17, 15) is 14.8 Å². The van der Waals surface area contributed by atoms with Crippen molar-refractivity contribution in [1.29, 1.82) is 5.26 Å². The summed E-state index contributed by atoms with van der Waals surface area (Å²) in [5, 5.41) is 31.6. The average molecular weight is 368 g/mol. The molecule has 0 fully saturated rings. The molecule has 9 heteroatoms. The summed E-state index contributed by atoms with van der Waals surface area (Å²) < 4.78 is 14.5. The predicted octanol–water partition coefficient (Wildman–Crippen LogP) is 3.09. The first-order chi connectivity index (χ1) is 12.5. The fourth-order valence-electron chi connectivity index (χ4n) is 3.13. The summed E-state index contributed by atoms with van der Waals surface area (Å²) in [6.45, 7) is 1.84.